The molecule has 1 aromatic heterocycles. The Balaban J connectivity index is 1.80. The average molecular weight is 406 g/mol. The first-order valence-electron chi connectivity index (χ1n) is 9.32. The third kappa shape index (κ3) is 4.77. The summed E-state index contributed by atoms with van der Waals surface area (Å²) in [7, 11) is 0.772. The molecule has 2 aromatic rings. The summed E-state index contributed by atoms with van der Waals surface area (Å²) in [5, 5.41) is 2.90. The van der Waals surface area contributed by atoms with Crippen molar-refractivity contribution in [2.24, 2.45) is 0 Å². The molecule has 152 valence electrons. The highest BCUT2D eigenvalue weighted by Gasteiger charge is 2.34. The number of aromatic nitrogens is 2. The van der Waals surface area contributed by atoms with E-state index < -0.39 is 9.84 Å². The van der Waals surface area contributed by atoms with Gasteiger partial charge in [-0.15, -0.1) is 0 Å². The SMILES string of the molecule is Cc1nc2ccc(NC(=O)N(CCN(C)C)C3CCS(=O)(=O)C3)cc2nc1C. The largest absolute Gasteiger partial charge is 0.322 e. The molecule has 1 unspecified atom stereocenters. The summed E-state index contributed by atoms with van der Waals surface area (Å²) >= 11 is 0. The number of fused-ring (bicyclic) bond motifs is 1. The topological polar surface area (TPSA) is 95.5 Å². The van der Waals surface area contributed by atoms with E-state index in [0.29, 0.717) is 30.7 Å². The van der Waals surface area contributed by atoms with Crippen LogP contribution >= 0.6 is 0 Å². The Bertz CT molecular complexity index is 990. The maximum Gasteiger partial charge on any atom is 0.322 e. The molecule has 1 aromatic carbocycles. The molecular formula is C19H27N5O3S. The number of hydrogen-bond donors (Lipinski definition) is 1. The molecular weight excluding hydrogens is 378 g/mol. The van der Waals surface area contributed by atoms with Gasteiger partial charge in [-0.05, 0) is 52.6 Å². The van der Waals surface area contributed by atoms with E-state index in [1.807, 2.05) is 38.9 Å². The van der Waals surface area contributed by atoms with E-state index in [4.69, 9.17) is 0 Å². The standard InChI is InChI=1S/C19H27N5O3S/c1-13-14(2)21-18-11-15(5-6-17(18)20-13)22-19(25)24(9-8-23(3)4)16-7-10-28(26,27)12-16/h5-6,11,16H,7-10,12H2,1-4H3,(H,22,25). The van der Waals surface area contributed by atoms with Crippen LogP contribution in [-0.4, -0.2) is 78.9 Å². The number of likely N-dealkylation sites (N-methyl/N-ethyl adjacent to an activating group) is 1. The van der Waals surface area contributed by atoms with Gasteiger partial charge in [-0.1, -0.05) is 0 Å². The van der Waals surface area contributed by atoms with Gasteiger partial charge in [-0.3, -0.25) is 0 Å². The molecule has 2 heterocycles. The summed E-state index contributed by atoms with van der Waals surface area (Å²) < 4.78 is 23.8. The summed E-state index contributed by atoms with van der Waals surface area (Å²) in [4.78, 5) is 25.6. The van der Waals surface area contributed by atoms with E-state index >= 15 is 0 Å². The summed E-state index contributed by atoms with van der Waals surface area (Å²) in [6.07, 6.45) is 0.477. The summed E-state index contributed by atoms with van der Waals surface area (Å²) in [6, 6.07) is 4.82. The minimum atomic E-state index is -3.08. The van der Waals surface area contributed by atoms with Crippen LogP contribution in [0.3, 0.4) is 0 Å². The maximum atomic E-state index is 12.9. The molecule has 0 spiro atoms. The highest BCUT2D eigenvalue weighted by atomic mass is 32.2. The number of nitrogens with zero attached hydrogens (tertiary/aromatic N) is 4. The van der Waals surface area contributed by atoms with E-state index in [0.717, 1.165) is 16.9 Å². The van der Waals surface area contributed by atoms with Gasteiger partial charge in [0.2, 0.25) is 0 Å². The average Bonchev–Trinajstić information content (AvgIpc) is 2.95. The Hall–Kier alpha value is -2.26. The Morgan fingerprint density at radius 2 is 1.82 bits per heavy atom. The number of rotatable bonds is 5. The molecule has 0 bridgehead atoms. The Kier molecular flexibility index (Phi) is 5.85. The van der Waals surface area contributed by atoms with Gasteiger partial charge in [0.15, 0.2) is 9.84 Å². The third-order valence-electron chi connectivity index (χ3n) is 5.02. The number of aryl methyl sites for hydroxylation is 2. The molecule has 1 N–H and O–H groups in total. The van der Waals surface area contributed by atoms with Crippen LogP contribution in [0.5, 0.6) is 0 Å². The van der Waals surface area contributed by atoms with Crippen LogP contribution < -0.4 is 5.32 Å². The zero-order chi connectivity index (χ0) is 20.5. The lowest BCUT2D eigenvalue weighted by Gasteiger charge is -2.29. The molecule has 8 nitrogen and oxygen atoms in total. The summed E-state index contributed by atoms with van der Waals surface area (Å²) in [6.45, 7) is 4.93. The predicted octanol–water partition coefficient (Wildman–Crippen LogP) is 1.83. The van der Waals surface area contributed by atoms with Gasteiger partial charge in [-0.25, -0.2) is 23.2 Å². The molecule has 0 radical (unpaired) electrons. The molecule has 1 saturated heterocycles. The van der Waals surface area contributed by atoms with Crippen LogP contribution in [0.25, 0.3) is 11.0 Å². The van der Waals surface area contributed by atoms with Crippen LogP contribution in [0.1, 0.15) is 17.8 Å². The molecule has 0 aliphatic carbocycles. The zero-order valence-electron chi connectivity index (χ0n) is 16.8. The monoisotopic (exact) mass is 405 g/mol. The Morgan fingerprint density at radius 1 is 1.14 bits per heavy atom. The first kappa shape index (κ1) is 20.5. The van der Waals surface area contributed by atoms with Crippen LogP contribution in [0, 0.1) is 13.8 Å². The lowest BCUT2D eigenvalue weighted by Crippen LogP contribution is -2.46. The van der Waals surface area contributed by atoms with Gasteiger partial charge in [0.1, 0.15) is 0 Å². The fourth-order valence-corrected chi connectivity index (χ4v) is 5.01. The van der Waals surface area contributed by atoms with Crippen molar-refractivity contribution in [2.75, 3.05) is 44.0 Å². The second-order valence-corrected chi connectivity index (χ2v) is 9.81. The van der Waals surface area contributed by atoms with E-state index in [2.05, 4.69) is 15.3 Å². The normalized spacial score (nSPS) is 18.5. The highest BCUT2D eigenvalue weighted by molar-refractivity contribution is 7.91. The van der Waals surface area contributed by atoms with Crippen molar-refractivity contribution >= 4 is 32.6 Å². The zero-order valence-corrected chi connectivity index (χ0v) is 17.6. The fraction of sp³-hybridized carbons (Fsp3) is 0.526. The lowest BCUT2D eigenvalue weighted by molar-refractivity contribution is 0.186. The van der Waals surface area contributed by atoms with E-state index in [-0.39, 0.29) is 23.6 Å². The second kappa shape index (κ2) is 8.00. The molecule has 1 atom stereocenters. The lowest BCUT2D eigenvalue weighted by atomic mass is 10.2. The van der Waals surface area contributed by atoms with Crippen LogP contribution in [0.4, 0.5) is 10.5 Å². The third-order valence-corrected chi connectivity index (χ3v) is 6.78. The molecule has 9 heteroatoms. The van der Waals surface area contributed by atoms with Gasteiger partial charge in [0, 0.05) is 24.8 Å². The minimum Gasteiger partial charge on any atom is -0.319 e. The van der Waals surface area contributed by atoms with Gasteiger partial charge in [0.05, 0.1) is 33.9 Å². The number of hydrogen-bond acceptors (Lipinski definition) is 6. The Morgan fingerprint density at radius 3 is 2.43 bits per heavy atom. The van der Waals surface area contributed by atoms with Crippen molar-refractivity contribution in [1.82, 2.24) is 19.8 Å². The van der Waals surface area contributed by atoms with Crippen molar-refractivity contribution < 1.29 is 13.2 Å². The summed E-state index contributed by atoms with van der Waals surface area (Å²) in [5.74, 6) is 0.156. The van der Waals surface area contributed by atoms with Crippen molar-refractivity contribution in [3.05, 3.63) is 29.6 Å². The second-order valence-electron chi connectivity index (χ2n) is 7.58. The number of urea groups is 1. The van der Waals surface area contributed by atoms with Gasteiger partial charge >= 0.3 is 6.03 Å². The van der Waals surface area contributed by atoms with Crippen LogP contribution in [0.15, 0.2) is 18.2 Å². The molecule has 3 rings (SSSR count). The minimum absolute atomic E-state index is 0.0233. The number of sulfone groups is 1. The van der Waals surface area contributed by atoms with Crippen molar-refractivity contribution in [3.8, 4) is 0 Å². The predicted molar refractivity (Wildman–Crippen MR) is 110 cm³/mol. The molecule has 2 amide bonds. The number of carbonyl (C=O) groups is 1. The van der Waals surface area contributed by atoms with Gasteiger partial charge in [-0.2, -0.15) is 0 Å². The molecule has 28 heavy (non-hydrogen) atoms. The van der Waals surface area contributed by atoms with Crippen LogP contribution in [0.2, 0.25) is 0 Å². The smallest absolute Gasteiger partial charge is 0.319 e. The maximum absolute atomic E-state index is 12.9. The van der Waals surface area contributed by atoms with Crippen molar-refractivity contribution in [3.63, 3.8) is 0 Å². The number of anilines is 1. The number of carbonyl (C=O) groups excluding carboxylic acids is 1. The first-order chi connectivity index (χ1) is 13.1. The quantitative estimate of drug-likeness (QED) is 0.815. The highest BCUT2D eigenvalue weighted by Crippen LogP contribution is 2.21. The first-order valence-corrected chi connectivity index (χ1v) is 11.1. The van der Waals surface area contributed by atoms with Gasteiger partial charge < -0.3 is 15.1 Å². The van der Waals surface area contributed by atoms with Crippen LogP contribution in [-0.2, 0) is 9.84 Å². The van der Waals surface area contributed by atoms with Crippen molar-refractivity contribution in [2.45, 2.75) is 26.3 Å². The van der Waals surface area contributed by atoms with E-state index in [1.165, 1.54) is 0 Å². The number of nitrogens with one attached hydrogen (secondary N) is 1. The molecule has 1 fully saturated rings. The van der Waals surface area contributed by atoms with E-state index in [9.17, 15) is 13.2 Å². The number of benzene rings is 1. The van der Waals surface area contributed by atoms with Crippen molar-refractivity contribution in [1.29, 1.82) is 0 Å². The molecule has 1 aliphatic heterocycles. The molecule has 1 aliphatic rings. The van der Waals surface area contributed by atoms with Gasteiger partial charge in [0.25, 0.3) is 0 Å². The number of amides is 2. The molecule has 0 saturated carbocycles. The summed E-state index contributed by atoms with van der Waals surface area (Å²) in [5.41, 5.74) is 3.82. The van der Waals surface area contributed by atoms with E-state index in [1.54, 1.807) is 17.0 Å². The fourth-order valence-electron chi connectivity index (χ4n) is 3.28. The Labute approximate surface area is 165 Å².